The largest absolute Gasteiger partial charge is 0.508 e. The second-order valence-corrected chi connectivity index (χ2v) is 4.58. The minimum atomic E-state index is 0.284. The molecule has 4 nitrogen and oxygen atoms in total. The number of aryl methyl sites for hydroxylation is 1. The number of phenols is 1. The zero-order valence-corrected chi connectivity index (χ0v) is 11.5. The highest BCUT2D eigenvalue weighted by Crippen LogP contribution is 2.13. The van der Waals surface area contributed by atoms with Crippen molar-refractivity contribution in [2.24, 2.45) is 0 Å². The van der Waals surface area contributed by atoms with Gasteiger partial charge in [-0.2, -0.15) is 0 Å². The molecular formula is C14H16ClN3O. The first-order valence-electron chi connectivity index (χ1n) is 6.22. The van der Waals surface area contributed by atoms with Crippen molar-refractivity contribution in [3.8, 4) is 5.75 Å². The molecule has 0 aliphatic rings. The average molecular weight is 278 g/mol. The van der Waals surface area contributed by atoms with E-state index in [1.807, 2.05) is 19.1 Å². The molecule has 1 heterocycles. The van der Waals surface area contributed by atoms with Gasteiger partial charge in [0.2, 0.25) is 0 Å². The van der Waals surface area contributed by atoms with Gasteiger partial charge in [-0.3, -0.25) is 0 Å². The number of halogens is 1. The number of hydrogen-bond donors (Lipinski definition) is 2. The molecule has 0 saturated carbocycles. The maximum Gasteiger partial charge on any atom is 0.134 e. The Morgan fingerprint density at radius 3 is 2.63 bits per heavy atom. The molecule has 0 bridgehead atoms. The van der Waals surface area contributed by atoms with Crippen molar-refractivity contribution in [3.05, 3.63) is 46.9 Å². The van der Waals surface area contributed by atoms with Gasteiger partial charge in [-0.25, -0.2) is 9.97 Å². The number of benzene rings is 1. The summed E-state index contributed by atoms with van der Waals surface area (Å²) in [6.45, 7) is 2.74. The summed E-state index contributed by atoms with van der Waals surface area (Å²) in [6, 6.07) is 8.90. The molecule has 19 heavy (non-hydrogen) atoms. The maximum atomic E-state index is 9.20. The Bertz CT molecular complexity index is 543. The molecule has 2 aromatic rings. The van der Waals surface area contributed by atoms with E-state index in [0.717, 1.165) is 36.6 Å². The lowest BCUT2D eigenvalue weighted by atomic mass is 10.1. The average Bonchev–Trinajstić information content (AvgIpc) is 2.40. The van der Waals surface area contributed by atoms with E-state index in [2.05, 4.69) is 15.3 Å². The Morgan fingerprint density at radius 1 is 1.21 bits per heavy atom. The van der Waals surface area contributed by atoms with E-state index in [4.69, 9.17) is 11.6 Å². The Labute approximate surface area is 117 Å². The number of phenolic OH excluding ortho intramolecular Hbond substituents is 1. The molecule has 100 valence electrons. The topological polar surface area (TPSA) is 58.0 Å². The van der Waals surface area contributed by atoms with Gasteiger partial charge in [0, 0.05) is 19.0 Å². The van der Waals surface area contributed by atoms with Gasteiger partial charge >= 0.3 is 0 Å². The van der Waals surface area contributed by atoms with Crippen molar-refractivity contribution in [2.75, 3.05) is 11.9 Å². The fraction of sp³-hybridized carbons (Fsp3) is 0.286. The number of nitrogens with one attached hydrogen (secondary N) is 1. The Balaban J connectivity index is 1.92. The number of anilines is 1. The zero-order chi connectivity index (χ0) is 13.7. The van der Waals surface area contributed by atoms with Gasteiger partial charge in [-0.1, -0.05) is 30.7 Å². The summed E-state index contributed by atoms with van der Waals surface area (Å²) in [6.07, 6.45) is 1.61. The van der Waals surface area contributed by atoms with Crippen LogP contribution in [0, 0.1) is 0 Å². The lowest BCUT2D eigenvalue weighted by Gasteiger charge is -2.07. The summed E-state index contributed by atoms with van der Waals surface area (Å²) < 4.78 is 0. The van der Waals surface area contributed by atoms with Gasteiger partial charge in [-0.05, 0) is 24.1 Å². The third-order valence-electron chi connectivity index (χ3n) is 2.71. The molecule has 0 aliphatic carbocycles. The molecule has 0 radical (unpaired) electrons. The van der Waals surface area contributed by atoms with Crippen LogP contribution in [0.1, 0.15) is 18.3 Å². The first kappa shape index (κ1) is 13.6. The van der Waals surface area contributed by atoms with Crippen LogP contribution in [0.4, 0.5) is 5.82 Å². The highest BCUT2D eigenvalue weighted by molar-refractivity contribution is 6.29. The fourth-order valence-electron chi connectivity index (χ4n) is 1.71. The van der Waals surface area contributed by atoms with Crippen LogP contribution in [-0.2, 0) is 12.8 Å². The Morgan fingerprint density at radius 2 is 1.95 bits per heavy atom. The lowest BCUT2D eigenvalue weighted by molar-refractivity contribution is 0.475. The molecule has 0 amide bonds. The van der Waals surface area contributed by atoms with Crippen LogP contribution in [-0.4, -0.2) is 21.6 Å². The smallest absolute Gasteiger partial charge is 0.134 e. The van der Waals surface area contributed by atoms with Gasteiger partial charge in [0.05, 0.1) is 0 Å². The third kappa shape index (κ3) is 4.10. The summed E-state index contributed by atoms with van der Waals surface area (Å²) in [5.41, 5.74) is 1.15. The van der Waals surface area contributed by atoms with Crippen LogP contribution in [0.25, 0.3) is 0 Å². The first-order valence-corrected chi connectivity index (χ1v) is 6.60. The van der Waals surface area contributed by atoms with Crippen LogP contribution in [0.5, 0.6) is 5.75 Å². The Hall–Kier alpha value is -1.81. The van der Waals surface area contributed by atoms with Crippen LogP contribution >= 0.6 is 11.6 Å². The van der Waals surface area contributed by atoms with Gasteiger partial charge in [0.15, 0.2) is 0 Å². The van der Waals surface area contributed by atoms with E-state index in [1.165, 1.54) is 0 Å². The maximum absolute atomic E-state index is 9.20. The minimum absolute atomic E-state index is 0.284. The van der Waals surface area contributed by atoms with Crippen LogP contribution < -0.4 is 5.32 Å². The van der Waals surface area contributed by atoms with Crippen molar-refractivity contribution >= 4 is 17.4 Å². The summed E-state index contributed by atoms with van der Waals surface area (Å²) in [5, 5.41) is 12.9. The normalized spacial score (nSPS) is 10.4. The van der Waals surface area contributed by atoms with Crippen molar-refractivity contribution in [3.63, 3.8) is 0 Å². The standard InChI is InChI=1S/C14H16ClN3O/c1-2-13-17-12(15)9-14(18-13)16-8-7-10-3-5-11(19)6-4-10/h3-6,9,19H,2,7-8H2,1H3,(H,16,17,18). The van der Waals surface area contributed by atoms with Crippen molar-refractivity contribution in [2.45, 2.75) is 19.8 Å². The quantitative estimate of drug-likeness (QED) is 0.825. The van der Waals surface area contributed by atoms with E-state index < -0.39 is 0 Å². The monoisotopic (exact) mass is 277 g/mol. The van der Waals surface area contributed by atoms with E-state index in [1.54, 1.807) is 18.2 Å². The highest BCUT2D eigenvalue weighted by Gasteiger charge is 2.01. The van der Waals surface area contributed by atoms with Gasteiger partial charge in [0.25, 0.3) is 0 Å². The summed E-state index contributed by atoms with van der Waals surface area (Å²) >= 11 is 5.92. The molecule has 0 unspecified atom stereocenters. The van der Waals surface area contributed by atoms with Crippen molar-refractivity contribution < 1.29 is 5.11 Å². The van der Waals surface area contributed by atoms with Crippen LogP contribution in [0.2, 0.25) is 5.15 Å². The number of rotatable bonds is 5. The summed E-state index contributed by atoms with van der Waals surface area (Å²) in [7, 11) is 0. The predicted molar refractivity (Wildman–Crippen MR) is 76.7 cm³/mol. The molecule has 0 spiro atoms. The molecule has 0 saturated heterocycles. The SMILES string of the molecule is CCc1nc(Cl)cc(NCCc2ccc(O)cc2)n1. The summed E-state index contributed by atoms with van der Waals surface area (Å²) in [5.74, 6) is 1.77. The van der Waals surface area contributed by atoms with Crippen LogP contribution in [0.3, 0.4) is 0 Å². The molecule has 0 aliphatic heterocycles. The molecule has 2 rings (SSSR count). The van der Waals surface area contributed by atoms with Gasteiger partial charge in [0.1, 0.15) is 22.5 Å². The Kier molecular flexibility index (Phi) is 4.58. The second-order valence-electron chi connectivity index (χ2n) is 4.19. The van der Waals surface area contributed by atoms with E-state index in [-0.39, 0.29) is 5.75 Å². The number of aromatic nitrogens is 2. The summed E-state index contributed by atoms with van der Waals surface area (Å²) in [4.78, 5) is 8.47. The van der Waals surface area contributed by atoms with Crippen molar-refractivity contribution in [1.29, 1.82) is 0 Å². The number of hydrogen-bond acceptors (Lipinski definition) is 4. The third-order valence-corrected chi connectivity index (χ3v) is 2.91. The van der Waals surface area contributed by atoms with Gasteiger partial charge in [-0.15, -0.1) is 0 Å². The van der Waals surface area contributed by atoms with Crippen LogP contribution in [0.15, 0.2) is 30.3 Å². The van der Waals surface area contributed by atoms with E-state index >= 15 is 0 Å². The number of aromatic hydroxyl groups is 1. The molecule has 1 aromatic heterocycles. The molecule has 5 heteroatoms. The zero-order valence-electron chi connectivity index (χ0n) is 10.7. The first-order chi connectivity index (χ1) is 9.17. The molecule has 0 fully saturated rings. The molecule has 2 N–H and O–H groups in total. The molecular weight excluding hydrogens is 262 g/mol. The predicted octanol–water partition coefficient (Wildman–Crippen LogP) is 3.05. The molecule has 0 atom stereocenters. The van der Waals surface area contributed by atoms with E-state index in [0.29, 0.717) is 5.15 Å². The fourth-order valence-corrected chi connectivity index (χ4v) is 1.91. The second kappa shape index (κ2) is 6.38. The molecule has 1 aromatic carbocycles. The minimum Gasteiger partial charge on any atom is -0.508 e. The lowest BCUT2D eigenvalue weighted by Crippen LogP contribution is -2.08. The van der Waals surface area contributed by atoms with Crippen molar-refractivity contribution in [1.82, 2.24) is 9.97 Å². The van der Waals surface area contributed by atoms with E-state index in [9.17, 15) is 5.11 Å². The number of nitrogens with zero attached hydrogens (tertiary/aromatic N) is 2. The highest BCUT2D eigenvalue weighted by atomic mass is 35.5. The van der Waals surface area contributed by atoms with Gasteiger partial charge < -0.3 is 10.4 Å².